The van der Waals surface area contributed by atoms with Gasteiger partial charge < -0.3 is 0 Å². The second-order valence-electron chi connectivity index (χ2n) is 5.96. The number of aromatic nitrogens is 2. The molecule has 0 aliphatic rings. The summed E-state index contributed by atoms with van der Waals surface area (Å²) in [5.41, 5.74) is 4.78. The summed E-state index contributed by atoms with van der Waals surface area (Å²) < 4.78 is 4.50. The quantitative estimate of drug-likeness (QED) is 0.318. The van der Waals surface area contributed by atoms with Crippen molar-refractivity contribution in [2.24, 2.45) is 7.05 Å². The molecule has 3 aromatic heterocycles. The highest BCUT2D eigenvalue weighted by Crippen LogP contribution is 2.32. The number of hydrogen-bond acceptors (Lipinski definition) is 1. The number of fused-ring (bicyclic) bond motifs is 6. The number of rotatable bonds is 0. The highest BCUT2D eigenvalue weighted by Gasteiger charge is 2.21. The van der Waals surface area contributed by atoms with Crippen molar-refractivity contribution in [3.8, 4) is 0 Å². The van der Waals surface area contributed by atoms with Gasteiger partial charge in [-0.3, -0.25) is 4.40 Å². The van der Waals surface area contributed by atoms with Crippen LogP contribution in [0.25, 0.3) is 38.2 Å². The van der Waals surface area contributed by atoms with Gasteiger partial charge in [-0.25, -0.2) is 0 Å². The van der Waals surface area contributed by atoms with Crippen LogP contribution in [0.15, 0.2) is 71.8 Å². The first-order chi connectivity index (χ1) is 11.3. The van der Waals surface area contributed by atoms with E-state index in [1.54, 1.807) is 0 Å². The fourth-order valence-corrected chi connectivity index (χ4v) is 4.14. The first-order valence-electron chi connectivity index (χ1n) is 7.68. The maximum Gasteiger partial charge on any atom is 0.245 e. The highest BCUT2D eigenvalue weighted by molar-refractivity contribution is 7.80. The molecule has 5 aromatic rings. The van der Waals surface area contributed by atoms with Crippen LogP contribution in [0.1, 0.15) is 0 Å². The molecule has 0 N–H and O–H groups in total. The Morgan fingerprint density at radius 1 is 0.826 bits per heavy atom. The van der Waals surface area contributed by atoms with Crippen molar-refractivity contribution in [3.63, 3.8) is 0 Å². The predicted molar refractivity (Wildman–Crippen MR) is 98.3 cm³/mol. The largest absolute Gasteiger partial charge is 0.298 e. The molecular weight excluding hydrogens is 300 g/mol. The summed E-state index contributed by atoms with van der Waals surface area (Å²) in [6.07, 6.45) is 0. The molecule has 0 radical (unpaired) electrons. The molecule has 5 rings (SSSR count). The standard InChI is InChI=1S/C20H14N2S/c1-21-16-8-4-3-7-14(16)12-15-18-11-10-13-6-2-5-9-17(13)22(18)20(23)19(15)21/h2-12H,1H3/p+1. The van der Waals surface area contributed by atoms with Gasteiger partial charge in [-0.15, -0.1) is 12.6 Å². The number of thiol groups is 1. The van der Waals surface area contributed by atoms with E-state index in [0.29, 0.717) is 0 Å². The lowest BCUT2D eigenvalue weighted by atomic mass is 10.1. The third kappa shape index (κ3) is 1.63. The number of hydrogen-bond donors (Lipinski definition) is 1. The third-order valence-corrected chi connectivity index (χ3v) is 5.14. The smallest absolute Gasteiger partial charge is 0.245 e. The lowest BCUT2D eigenvalue weighted by Gasteiger charge is -2.03. The molecule has 0 amide bonds. The Hall–Kier alpha value is -2.52. The SMILES string of the molecule is C[n+]1c2ccccc2cc2c3ccc4ccccc4n3c(S)c21. The Bertz CT molecular complexity index is 1230. The van der Waals surface area contributed by atoms with Gasteiger partial charge >= 0.3 is 0 Å². The van der Waals surface area contributed by atoms with E-state index in [1.165, 1.54) is 38.2 Å². The fraction of sp³-hybridized carbons (Fsp3) is 0.0500. The van der Waals surface area contributed by atoms with Crippen molar-refractivity contribution in [2.45, 2.75) is 5.03 Å². The molecule has 3 heterocycles. The van der Waals surface area contributed by atoms with E-state index in [2.05, 4.69) is 82.7 Å². The van der Waals surface area contributed by atoms with E-state index in [0.717, 1.165) is 5.03 Å². The van der Waals surface area contributed by atoms with Gasteiger partial charge in [-0.2, -0.15) is 4.57 Å². The van der Waals surface area contributed by atoms with E-state index in [-0.39, 0.29) is 0 Å². The Morgan fingerprint density at radius 3 is 2.43 bits per heavy atom. The molecule has 0 unspecified atom stereocenters. The van der Waals surface area contributed by atoms with Gasteiger partial charge in [-0.05, 0) is 29.7 Å². The van der Waals surface area contributed by atoms with Gasteiger partial charge in [-0.1, -0.05) is 36.4 Å². The molecule has 2 nitrogen and oxygen atoms in total. The van der Waals surface area contributed by atoms with Crippen LogP contribution in [0.2, 0.25) is 0 Å². The van der Waals surface area contributed by atoms with Crippen LogP contribution in [-0.2, 0) is 7.05 Å². The van der Waals surface area contributed by atoms with E-state index < -0.39 is 0 Å². The zero-order chi connectivity index (χ0) is 15.6. The topological polar surface area (TPSA) is 8.29 Å². The minimum absolute atomic E-state index is 0.986. The number of benzene rings is 2. The third-order valence-electron chi connectivity index (χ3n) is 4.73. The number of nitrogens with zero attached hydrogens (tertiary/aromatic N) is 2. The fourth-order valence-electron chi connectivity index (χ4n) is 3.66. The molecule has 2 aromatic carbocycles. The molecule has 0 saturated carbocycles. The molecule has 110 valence electrons. The highest BCUT2D eigenvalue weighted by atomic mass is 32.1. The van der Waals surface area contributed by atoms with Crippen LogP contribution in [0, 0.1) is 0 Å². The predicted octanol–water partition coefficient (Wildman–Crippen LogP) is 4.51. The molecule has 0 fully saturated rings. The summed E-state index contributed by atoms with van der Waals surface area (Å²) in [4.78, 5) is 0. The van der Waals surface area contributed by atoms with E-state index in [1.807, 2.05) is 0 Å². The van der Waals surface area contributed by atoms with Crippen LogP contribution in [0.3, 0.4) is 0 Å². The minimum Gasteiger partial charge on any atom is -0.298 e. The lowest BCUT2D eigenvalue weighted by molar-refractivity contribution is -0.618. The van der Waals surface area contributed by atoms with E-state index >= 15 is 0 Å². The first-order valence-corrected chi connectivity index (χ1v) is 8.13. The van der Waals surface area contributed by atoms with Crippen molar-refractivity contribution in [1.29, 1.82) is 0 Å². The lowest BCUT2D eigenvalue weighted by Crippen LogP contribution is -2.29. The normalized spacial score (nSPS) is 11.9. The van der Waals surface area contributed by atoms with Crippen LogP contribution in [0.5, 0.6) is 0 Å². The Labute approximate surface area is 139 Å². The van der Waals surface area contributed by atoms with Crippen LogP contribution >= 0.6 is 12.6 Å². The van der Waals surface area contributed by atoms with E-state index in [9.17, 15) is 0 Å². The van der Waals surface area contributed by atoms with Gasteiger partial charge in [0.1, 0.15) is 7.05 Å². The van der Waals surface area contributed by atoms with Crippen molar-refractivity contribution in [3.05, 3.63) is 66.7 Å². The van der Waals surface area contributed by atoms with Gasteiger partial charge in [0.05, 0.1) is 16.4 Å². The Morgan fingerprint density at radius 2 is 1.57 bits per heavy atom. The maximum atomic E-state index is 4.88. The molecule has 0 aliphatic heterocycles. The van der Waals surface area contributed by atoms with Gasteiger partial charge in [0.15, 0.2) is 5.03 Å². The molecule has 3 heteroatoms. The number of para-hydroxylation sites is 2. The van der Waals surface area contributed by atoms with Crippen molar-refractivity contribution in [2.75, 3.05) is 0 Å². The summed E-state index contributed by atoms with van der Waals surface area (Å²) in [5, 5.41) is 4.70. The summed E-state index contributed by atoms with van der Waals surface area (Å²) in [6, 6.07) is 23.6. The summed E-state index contributed by atoms with van der Waals surface area (Å²) in [5.74, 6) is 0. The van der Waals surface area contributed by atoms with Gasteiger partial charge in [0, 0.05) is 11.5 Å². The molecular formula is C20H15N2S+. The number of aryl methyl sites for hydroxylation is 1. The van der Waals surface area contributed by atoms with Crippen molar-refractivity contribution >= 4 is 50.9 Å². The van der Waals surface area contributed by atoms with Crippen LogP contribution in [-0.4, -0.2) is 4.40 Å². The monoisotopic (exact) mass is 315 g/mol. The average molecular weight is 315 g/mol. The zero-order valence-corrected chi connectivity index (χ0v) is 13.6. The Kier molecular flexibility index (Phi) is 2.53. The Balaban J connectivity index is 2.13. The molecule has 23 heavy (non-hydrogen) atoms. The van der Waals surface area contributed by atoms with Gasteiger partial charge in [0.2, 0.25) is 11.0 Å². The second kappa shape index (κ2) is 4.49. The molecule has 0 spiro atoms. The minimum atomic E-state index is 0.986. The zero-order valence-electron chi connectivity index (χ0n) is 12.7. The van der Waals surface area contributed by atoms with Crippen LogP contribution < -0.4 is 4.57 Å². The number of pyridine rings is 2. The van der Waals surface area contributed by atoms with E-state index in [4.69, 9.17) is 12.6 Å². The van der Waals surface area contributed by atoms with Crippen molar-refractivity contribution in [1.82, 2.24) is 4.40 Å². The van der Waals surface area contributed by atoms with Crippen LogP contribution in [0.4, 0.5) is 0 Å². The molecule has 0 saturated heterocycles. The molecule has 0 bridgehead atoms. The molecule has 0 atom stereocenters. The van der Waals surface area contributed by atoms with Crippen molar-refractivity contribution < 1.29 is 4.57 Å². The van der Waals surface area contributed by atoms with Gasteiger partial charge in [0.25, 0.3) is 0 Å². The maximum absolute atomic E-state index is 4.88. The molecule has 0 aliphatic carbocycles. The summed E-state index contributed by atoms with van der Waals surface area (Å²) in [6.45, 7) is 0. The first kappa shape index (κ1) is 13.0. The average Bonchev–Trinajstić information content (AvgIpc) is 2.88. The summed E-state index contributed by atoms with van der Waals surface area (Å²) in [7, 11) is 2.12. The summed E-state index contributed by atoms with van der Waals surface area (Å²) >= 11 is 4.88. The second-order valence-corrected chi connectivity index (χ2v) is 6.38.